The Bertz CT molecular complexity index is 522. The molecule has 0 bridgehead atoms. The summed E-state index contributed by atoms with van der Waals surface area (Å²) in [5.41, 5.74) is 5.61. The lowest BCUT2D eigenvalue weighted by Gasteiger charge is -2.16. The summed E-state index contributed by atoms with van der Waals surface area (Å²) in [5, 5.41) is 12.5. The molecule has 2 rings (SSSR count). The second kappa shape index (κ2) is 5.08. The van der Waals surface area contributed by atoms with E-state index in [1.165, 1.54) is 8.45 Å². The van der Waals surface area contributed by atoms with Gasteiger partial charge in [0, 0.05) is 0 Å². The average molecular weight is 358 g/mol. The lowest BCUT2D eigenvalue weighted by Crippen LogP contribution is -2.04. The quantitative estimate of drug-likeness (QED) is 0.791. The van der Waals surface area contributed by atoms with Crippen LogP contribution in [0.4, 0.5) is 0 Å². The monoisotopic (exact) mass is 358 g/mol. The van der Waals surface area contributed by atoms with Gasteiger partial charge in [0.1, 0.15) is 6.10 Å². The average Bonchev–Trinajstić information content (AvgIpc) is 2.63. The predicted molar refractivity (Wildman–Crippen MR) is 81.8 cm³/mol. The van der Waals surface area contributed by atoms with Crippen molar-refractivity contribution < 1.29 is 5.11 Å². The molecule has 1 aromatic carbocycles. The molecule has 0 aliphatic heterocycles. The highest BCUT2D eigenvalue weighted by atomic mass is 127. The van der Waals surface area contributed by atoms with Crippen LogP contribution >= 0.6 is 33.9 Å². The fourth-order valence-corrected chi connectivity index (χ4v) is 3.65. The van der Waals surface area contributed by atoms with Gasteiger partial charge < -0.3 is 5.11 Å². The maximum absolute atomic E-state index is 10.5. The molecule has 2 aromatic rings. The molecule has 0 radical (unpaired) electrons. The van der Waals surface area contributed by atoms with Crippen molar-refractivity contribution in [3.63, 3.8) is 0 Å². The SMILES string of the molecule is Cc1cc(C)c(C(O)c2csc(I)c2)c(C)c1. The molecule has 1 atom stereocenters. The highest BCUT2D eigenvalue weighted by Crippen LogP contribution is 2.31. The van der Waals surface area contributed by atoms with Crippen LogP contribution < -0.4 is 0 Å². The number of hydrogen-bond donors (Lipinski definition) is 1. The topological polar surface area (TPSA) is 20.2 Å². The lowest BCUT2D eigenvalue weighted by atomic mass is 9.93. The number of benzene rings is 1. The van der Waals surface area contributed by atoms with Gasteiger partial charge in [-0.1, -0.05) is 17.7 Å². The van der Waals surface area contributed by atoms with Crippen LogP contribution in [0.5, 0.6) is 0 Å². The third kappa shape index (κ3) is 2.72. The maximum atomic E-state index is 10.5. The Hall–Kier alpha value is -0.390. The Kier molecular flexibility index (Phi) is 3.90. The molecule has 1 nitrogen and oxygen atoms in total. The molecule has 0 amide bonds. The first kappa shape index (κ1) is 13.1. The van der Waals surface area contributed by atoms with E-state index in [1.54, 1.807) is 11.3 Å². The summed E-state index contributed by atoms with van der Waals surface area (Å²) in [6, 6.07) is 6.31. The van der Waals surface area contributed by atoms with E-state index in [9.17, 15) is 5.11 Å². The summed E-state index contributed by atoms with van der Waals surface area (Å²) in [6.07, 6.45) is -0.504. The van der Waals surface area contributed by atoms with Crippen molar-refractivity contribution in [1.29, 1.82) is 0 Å². The van der Waals surface area contributed by atoms with Crippen LogP contribution in [0.25, 0.3) is 0 Å². The fraction of sp³-hybridized carbons (Fsp3) is 0.286. The Morgan fingerprint density at radius 2 is 1.71 bits per heavy atom. The van der Waals surface area contributed by atoms with E-state index < -0.39 is 6.10 Å². The lowest BCUT2D eigenvalue weighted by molar-refractivity contribution is 0.219. The van der Waals surface area contributed by atoms with E-state index in [-0.39, 0.29) is 0 Å². The Labute approximate surface area is 120 Å². The van der Waals surface area contributed by atoms with Crippen LogP contribution in [0.15, 0.2) is 23.6 Å². The summed E-state index contributed by atoms with van der Waals surface area (Å²) in [6.45, 7) is 6.22. The molecule has 0 saturated carbocycles. The van der Waals surface area contributed by atoms with Crippen LogP contribution in [0.3, 0.4) is 0 Å². The van der Waals surface area contributed by atoms with E-state index in [0.717, 1.165) is 22.3 Å². The molecule has 90 valence electrons. The van der Waals surface area contributed by atoms with Crippen molar-refractivity contribution in [2.24, 2.45) is 0 Å². The summed E-state index contributed by atoms with van der Waals surface area (Å²) in [4.78, 5) is 0. The fourth-order valence-electron chi connectivity index (χ4n) is 2.26. The number of aryl methyl sites for hydroxylation is 3. The number of thiophene rings is 1. The molecule has 1 aromatic heterocycles. The molecular weight excluding hydrogens is 343 g/mol. The van der Waals surface area contributed by atoms with Gasteiger partial charge >= 0.3 is 0 Å². The minimum Gasteiger partial charge on any atom is -0.384 e. The minimum atomic E-state index is -0.504. The first-order valence-electron chi connectivity index (χ1n) is 5.49. The number of aliphatic hydroxyl groups is 1. The van der Waals surface area contributed by atoms with Crippen molar-refractivity contribution in [3.8, 4) is 0 Å². The van der Waals surface area contributed by atoms with E-state index in [4.69, 9.17) is 0 Å². The number of rotatable bonds is 2. The first-order valence-corrected chi connectivity index (χ1v) is 7.44. The van der Waals surface area contributed by atoms with Crippen molar-refractivity contribution in [2.75, 3.05) is 0 Å². The Balaban J connectivity index is 2.47. The van der Waals surface area contributed by atoms with Crippen molar-refractivity contribution in [1.82, 2.24) is 0 Å². The third-order valence-electron chi connectivity index (χ3n) is 2.91. The molecule has 3 heteroatoms. The van der Waals surface area contributed by atoms with E-state index in [0.29, 0.717) is 0 Å². The van der Waals surface area contributed by atoms with Crippen LogP contribution in [0, 0.1) is 23.7 Å². The minimum absolute atomic E-state index is 0.504. The van der Waals surface area contributed by atoms with E-state index in [1.807, 2.05) is 5.38 Å². The zero-order valence-electron chi connectivity index (χ0n) is 10.1. The molecule has 1 heterocycles. The zero-order valence-corrected chi connectivity index (χ0v) is 13.1. The first-order chi connectivity index (χ1) is 7.99. The second-order valence-electron chi connectivity index (χ2n) is 4.40. The van der Waals surface area contributed by atoms with Gasteiger partial charge in [-0.2, -0.15) is 0 Å². The van der Waals surface area contributed by atoms with Crippen molar-refractivity contribution in [2.45, 2.75) is 26.9 Å². The summed E-state index contributed by atoms with van der Waals surface area (Å²) >= 11 is 3.95. The molecular formula is C14H15IOS. The van der Waals surface area contributed by atoms with Gasteiger partial charge in [0.2, 0.25) is 0 Å². The molecule has 17 heavy (non-hydrogen) atoms. The molecule has 0 fully saturated rings. The molecule has 0 spiro atoms. The highest BCUT2D eigenvalue weighted by Gasteiger charge is 2.16. The van der Waals surface area contributed by atoms with Gasteiger partial charge in [-0.3, -0.25) is 0 Å². The van der Waals surface area contributed by atoms with Gasteiger partial charge in [0.05, 0.1) is 2.88 Å². The smallest absolute Gasteiger partial charge is 0.105 e. The second-order valence-corrected chi connectivity index (χ2v) is 7.20. The van der Waals surface area contributed by atoms with Crippen LogP contribution in [-0.2, 0) is 0 Å². The third-order valence-corrected chi connectivity index (χ3v) is 4.72. The van der Waals surface area contributed by atoms with Crippen molar-refractivity contribution >= 4 is 33.9 Å². The zero-order chi connectivity index (χ0) is 12.6. The van der Waals surface area contributed by atoms with Gasteiger partial charge in [-0.25, -0.2) is 0 Å². The van der Waals surface area contributed by atoms with Crippen LogP contribution in [0.2, 0.25) is 0 Å². The standard InChI is InChI=1S/C14H15IOS/c1-8-4-9(2)13(10(3)5-8)14(16)11-6-12(15)17-7-11/h4-7,14,16H,1-3H3. The largest absolute Gasteiger partial charge is 0.384 e. The van der Waals surface area contributed by atoms with Crippen LogP contribution in [0.1, 0.15) is 33.9 Å². The van der Waals surface area contributed by atoms with Crippen LogP contribution in [-0.4, -0.2) is 5.11 Å². The molecule has 1 unspecified atom stereocenters. The van der Waals surface area contributed by atoms with Gasteiger partial charge in [0.15, 0.2) is 0 Å². The number of hydrogen-bond acceptors (Lipinski definition) is 2. The van der Waals surface area contributed by atoms with Crippen molar-refractivity contribution in [3.05, 3.63) is 54.3 Å². The van der Waals surface area contributed by atoms with Gasteiger partial charge in [-0.05, 0) is 77.1 Å². The highest BCUT2D eigenvalue weighted by molar-refractivity contribution is 14.1. The normalized spacial score (nSPS) is 12.8. The van der Waals surface area contributed by atoms with E-state index in [2.05, 4.69) is 61.6 Å². The molecule has 1 N–H and O–H groups in total. The molecule has 0 aliphatic carbocycles. The Morgan fingerprint density at radius 1 is 1.12 bits per heavy atom. The maximum Gasteiger partial charge on any atom is 0.105 e. The predicted octanol–water partition coefficient (Wildman–Crippen LogP) is 4.36. The molecule has 0 aliphatic rings. The van der Waals surface area contributed by atoms with Gasteiger partial charge in [-0.15, -0.1) is 11.3 Å². The number of aliphatic hydroxyl groups excluding tert-OH is 1. The summed E-state index contributed by atoms with van der Waals surface area (Å²) in [7, 11) is 0. The van der Waals surface area contributed by atoms with Gasteiger partial charge in [0.25, 0.3) is 0 Å². The Morgan fingerprint density at radius 3 is 2.18 bits per heavy atom. The number of halogens is 1. The summed E-state index contributed by atoms with van der Waals surface area (Å²) < 4.78 is 1.21. The summed E-state index contributed by atoms with van der Waals surface area (Å²) in [5.74, 6) is 0. The van der Waals surface area contributed by atoms with E-state index >= 15 is 0 Å². The molecule has 0 saturated heterocycles.